The van der Waals surface area contributed by atoms with Crippen LogP contribution in [0.4, 0.5) is 0 Å². The smallest absolute Gasteiger partial charge is 0.326 e. The van der Waals surface area contributed by atoms with Crippen molar-refractivity contribution in [3.8, 4) is 0 Å². The largest absolute Gasteiger partial charge is 0.480 e. The molecule has 0 radical (unpaired) electrons. The molecule has 116 valence electrons. The molecule has 21 heavy (non-hydrogen) atoms. The highest BCUT2D eigenvalue weighted by Crippen LogP contribution is 2.11. The first kappa shape index (κ1) is 17.1. The Bertz CT molecular complexity index is 622. The van der Waals surface area contributed by atoms with Gasteiger partial charge in [-0.15, -0.1) is 0 Å². The summed E-state index contributed by atoms with van der Waals surface area (Å²) in [5.41, 5.74) is 0.192. The number of hydrogen-bond acceptors (Lipinski definition) is 4. The molecule has 0 aromatic heterocycles. The zero-order chi connectivity index (χ0) is 16.2. The first-order valence-corrected chi connectivity index (χ1v) is 7.74. The molecule has 0 saturated heterocycles. The van der Waals surface area contributed by atoms with Crippen molar-refractivity contribution in [2.24, 2.45) is 5.92 Å². The van der Waals surface area contributed by atoms with E-state index in [1.807, 2.05) is 0 Å². The lowest BCUT2D eigenvalue weighted by Gasteiger charge is -2.17. The van der Waals surface area contributed by atoms with E-state index in [-0.39, 0.29) is 16.4 Å². The summed E-state index contributed by atoms with van der Waals surface area (Å²) in [4.78, 5) is 23.0. The molecule has 0 saturated carbocycles. The van der Waals surface area contributed by atoms with E-state index in [4.69, 9.17) is 5.11 Å². The second-order valence-corrected chi connectivity index (χ2v) is 6.65. The van der Waals surface area contributed by atoms with Crippen molar-refractivity contribution in [2.75, 3.05) is 7.05 Å². The zero-order valence-electron chi connectivity index (χ0n) is 12.0. The number of rotatable bonds is 6. The second kappa shape index (κ2) is 6.68. The first-order valence-electron chi connectivity index (χ1n) is 6.26. The normalized spacial score (nSPS) is 13.0. The standard InChI is InChI=1S/C13H18N2O5S/c1-8(2)11(13(17)18)15-12(16)9-4-6-10(7-5-9)21(19,20)14-3/h4-8,11,14H,1-3H3,(H,15,16)(H,17,18). The summed E-state index contributed by atoms with van der Waals surface area (Å²) in [7, 11) is -2.28. The summed E-state index contributed by atoms with van der Waals surface area (Å²) in [5.74, 6) is -1.95. The molecule has 1 unspecified atom stereocenters. The number of sulfonamides is 1. The van der Waals surface area contributed by atoms with E-state index >= 15 is 0 Å². The third-order valence-corrected chi connectivity index (χ3v) is 4.35. The lowest BCUT2D eigenvalue weighted by Crippen LogP contribution is -2.44. The molecule has 0 bridgehead atoms. The highest BCUT2D eigenvalue weighted by Gasteiger charge is 2.24. The summed E-state index contributed by atoms with van der Waals surface area (Å²) in [6.45, 7) is 3.36. The van der Waals surface area contributed by atoms with Crippen molar-refractivity contribution in [3.63, 3.8) is 0 Å². The molecule has 8 heteroatoms. The monoisotopic (exact) mass is 314 g/mol. The Labute approximate surface area is 123 Å². The Balaban J connectivity index is 2.92. The average Bonchev–Trinajstić information content (AvgIpc) is 2.43. The molecule has 0 aliphatic rings. The van der Waals surface area contributed by atoms with Crippen LogP contribution in [0.3, 0.4) is 0 Å². The molecule has 1 amide bonds. The van der Waals surface area contributed by atoms with Gasteiger partial charge in [-0.05, 0) is 37.2 Å². The highest BCUT2D eigenvalue weighted by atomic mass is 32.2. The van der Waals surface area contributed by atoms with Crippen LogP contribution in [0.1, 0.15) is 24.2 Å². The van der Waals surface area contributed by atoms with Crippen LogP contribution in [0.5, 0.6) is 0 Å². The molecule has 0 aliphatic heterocycles. The Kier molecular flexibility index (Phi) is 5.45. The predicted octanol–water partition coefficient (Wildman–Crippen LogP) is 0.434. The molecule has 3 N–H and O–H groups in total. The van der Waals surface area contributed by atoms with E-state index < -0.39 is 27.9 Å². The van der Waals surface area contributed by atoms with Crippen LogP contribution in [0.25, 0.3) is 0 Å². The summed E-state index contributed by atoms with van der Waals surface area (Å²) < 4.78 is 25.3. The fourth-order valence-corrected chi connectivity index (χ4v) is 2.37. The molecule has 0 aliphatic carbocycles. The molecule has 0 heterocycles. The van der Waals surface area contributed by atoms with Crippen LogP contribution >= 0.6 is 0 Å². The first-order chi connectivity index (χ1) is 9.69. The molecule has 0 spiro atoms. The third-order valence-electron chi connectivity index (χ3n) is 2.91. The number of hydrogen-bond donors (Lipinski definition) is 3. The van der Waals surface area contributed by atoms with E-state index in [0.29, 0.717) is 0 Å². The Morgan fingerprint density at radius 2 is 1.67 bits per heavy atom. The van der Waals surface area contributed by atoms with Crippen molar-refractivity contribution in [1.29, 1.82) is 0 Å². The number of carbonyl (C=O) groups excluding carboxylic acids is 1. The molecular formula is C13H18N2O5S. The number of carboxylic acid groups (broad SMARTS) is 1. The van der Waals surface area contributed by atoms with E-state index in [0.717, 1.165) is 0 Å². The van der Waals surface area contributed by atoms with E-state index in [1.165, 1.54) is 31.3 Å². The van der Waals surface area contributed by atoms with Crippen LogP contribution in [-0.4, -0.2) is 38.5 Å². The lowest BCUT2D eigenvalue weighted by atomic mass is 10.0. The van der Waals surface area contributed by atoms with Gasteiger partial charge in [0.05, 0.1) is 4.90 Å². The minimum atomic E-state index is -3.57. The van der Waals surface area contributed by atoms with Crippen molar-refractivity contribution in [2.45, 2.75) is 24.8 Å². The fraction of sp³-hybridized carbons (Fsp3) is 0.385. The number of carbonyl (C=O) groups is 2. The zero-order valence-corrected chi connectivity index (χ0v) is 12.8. The molecule has 1 aromatic rings. The van der Waals surface area contributed by atoms with Gasteiger partial charge in [0.15, 0.2) is 0 Å². The van der Waals surface area contributed by atoms with Crippen LogP contribution < -0.4 is 10.0 Å². The average molecular weight is 314 g/mol. The summed E-state index contributed by atoms with van der Waals surface area (Å²) in [5, 5.41) is 11.4. The van der Waals surface area contributed by atoms with Crippen LogP contribution in [0.2, 0.25) is 0 Å². The van der Waals surface area contributed by atoms with Gasteiger partial charge in [-0.25, -0.2) is 17.9 Å². The van der Waals surface area contributed by atoms with Gasteiger partial charge in [-0.1, -0.05) is 13.8 Å². The minimum absolute atomic E-state index is 0.0280. The van der Waals surface area contributed by atoms with Crippen molar-refractivity contribution >= 4 is 21.9 Å². The van der Waals surface area contributed by atoms with Gasteiger partial charge in [-0.3, -0.25) is 4.79 Å². The van der Waals surface area contributed by atoms with E-state index in [2.05, 4.69) is 10.0 Å². The van der Waals surface area contributed by atoms with Gasteiger partial charge < -0.3 is 10.4 Å². The quantitative estimate of drug-likeness (QED) is 0.705. The molecule has 1 atom stereocenters. The van der Waals surface area contributed by atoms with E-state index in [1.54, 1.807) is 13.8 Å². The second-order valence-electron chi connectivity index (χ2n) is 4.77. The summed E-state index contributed by atoms with van der Waals surface area (Å²) >= 11 is 0. The molecule has 1 rings (SSSR count). The Hall–Kier alpha value is -1.93. The van der Waals surface area contributed by atoms with Gasteiger partial charge in [-0.2, -0.15) is 0 Å². The van der Waals surface area contributed by atoms with Gasteiger partial charge in [0.25, 0.3) is 5.91 Å². The molecule has 7 nitrogen and oxygen atoms in total. The van der Waals surface area contributed by atoms with Crippen LogP contribution in [0, 0.1) is 5.92 Å². The summed E-state index contributed by atoms with van der Waals surface area (Å²) in [6, 6.07) is 4.23. The lowest BCUT2D eigenvalue weighted by molar-refractivity contribution is -0.140. The van der Waals surface area contributed by atoms with E-state index in [9.17, 15) is 18.0 Å². The molecular weight excluding hydrogens is 296 g/mol. The number of aliphatic carboxylic acids is 1. The molecule has 1 aromatic carbocycles. The SMILES string of the molecule is CNS(=O)(=O)c1ccc(C(=O)NC(C(=O)O)C(C)C)cc1. The van der Waals surface area contributed by atoms with Crippen molar-refractivity contribution in [3.05, 3.63) is 29.8 Å². The Morgan fingerprint density at radius 3 is 2.05 bits per heavy atom. The number of carboxylic acids is 1. The maximum absolute atomic E-state index is 12.0. The number of nitrogens with one attached hydrogen (secondary N) is 2. The molecule has 0 fully saturated rings. The number of benzene rings is 1. The fourth-order valence-electron chi connectivity index (χ4n) is 1.64. The maximum atomic E-state index is 12.0. The van der Waals surface area contributed by atoms with Crippen LogP contribution in [0.15, 0.2) is 29.2 Å². The highest BCUT2D eigenvalue weighted by molar-refractivity contribution is 7.89. The van der Waals surface area contributed by atoms with Gasteiger partial charge in [0, 0.05) is 5.56 Å². The van der Waals surface area contributed by atoms with Gasteiger partial charge in [0.1, 0.15) is 6.04 Å². The number of amides is 1. The summed E-state index contributed by atoms with van der Waals surface area (Å²) in [6.07, 6.45) is 0. The van der Waals surface area contributed by atoms with Crippen molar-refractivity contribution in [1.82, 2.24) is 10.0 Å². The maximum Gasteiger partial charge on any atom is 0.326 e. The van der Waals surface area contributed by atoms with Gasteiger partial charge in [0.2, 0.25) is 10.0 Å². The van der Waals surface area contributed by atoms with Gasteiger partial charge >= 0.3 is 5.97 Å². The third kappa shape index (κ3) is 4.27. The van der Waals surface area contributed by atoms with Crippen LogP contribution in [-0.2, 0) is 14.8 Å². The predicted molar refractivity (Wildman–Crippen MR) is 76.4 cm³/mol. The minimum Gasteiger partial charge on any atom is -0.480 e. The Morgan fingerprint density at radius 1 is 1.14 bits per heavy atom. The topological polar surface area (TPSA) is 113 Å². The van der Waals surface area contributed by atoms with Crippen molar-refractivity contribution < 1.29 is 23.1 Å².